The number of anilines is 1. The fraction of sp³-hybridized carbons (Fsp3) is 0.412. The van der Waals surface area contributed by atoms with Gasteiger partial charge in [0.1, 0.15) is 5.70 Å². The number of aliphatic hydroxyl groups excluding tert-OH is 1. The first kappa shape index (κ1) is 18.4. The number of thioether (sulfide) groups is 1. The van der Waals surface area contributed by atoms with Gasteiger partial charge < -0.3 is 20.1 Å². The van der Waals surface area contributed by atoms with Crippen LogP contribution in [0.3, 0.4) is 0 Å². The number of aliphatic hydroxyl groups is 1. The Balaban J connectivity index is 2.17. The summed E-state index contributed by atoms with van der Waals surface area (Å²) in [5, 5.41) is 12.1. The second kappa shape index (κ2) is 8.75. The molecule has 2 N–H and O–H groups in total. The molecule has 0 bridgehead atoms. The molecule has 0 spiro atoms. The van der Waals surface area contributed by atoms with Crippen molar-refractivity contribution in [2.45, 2.75) is 18.2 Å². The summed E-state index contributed by atoms with van der Waals surface area (Å²) in [7, 11) is 1.28. The molecule has 1 aliphatic heterocycles. The van der Waals surface area contributed by atoms with Crippen molar-refractivity contribution in [1.29, 1.82) is 0 Å². The molecule has 130 valence electrons. The van der Waals surface area contributed by atoms with Crippen LogP contribution in [0.4, 0.5) is 5.69 Å². The highest BCUT2D eigenvalue weighted by Crippen LogP contribution is 2.25. The number of carbonyl (C=O) groups excluding carboxylic acids is 2. The molecule has 0 aromatic heterocycles. The maximum absolute atomic E-state index is 12.4. The van der Waals surface area contributed by atoms with Gasteiger partial charge in [0.25, 0.3) is 5.91 Å². The van der Waals surface area contributed by atoms with Gasteiger partial charge in [0.15, 0.2) is 0 Å². The molecule has 2 rings (SSSR count). The zero-order chi connectivity index (χ0) is 17.5. The third kappa shape index (κ3) is 4.30. The molecule has 0 radical (unpaired) electrons. The number of nitrogens with one attached hydrogen (secondary N) is 1. The number of rotatable bonds is 8. The number of esters is 1. The SMILES string of the molecule is CCCSc1ccc(NC2=C(C(=O)OC)CN(CCO)C2=O)cc1. The van der Waals surface area contributed by atoms with E-state index in [2.05, 4.69) is 12.2 Å². The van der Waals surface area contributed by atoms with Gasteiger partial charge in [0.2, 0.25) is 0 Å². The molecule has 24 heavy (non-hydrogen) atoms. The molecule has 1 amide bonds. The molecule has 0 atom stereocenters. The molecule has 0 saturated heterocycles. The largest absolute Gasteiger partial charge is 0.466 e. The monoisotopic (exact) mass is 350 g/mol. The second-order valence-corrected chi connectivity index (χ2v) is 6.46. The number of nitrogens with zero attached hydrogens (tertiary/aromatic N) is 1. The number of carbonyl (C=O) groups is 2. The van der Waals surface area contributed by atoms with Crippen molar-refractivity contribution in [3.05, 3.63) is 35.5 Å². The van der Waals surface area contributed by atoms with E-state index in [0.29, 0.717) is 0 Å². The molecule has 1 heterocycles. The van der Waals surface area contributed by atoms with Crippen molar-refractivity contribution in [2.75, 3.05) is 37.9 Å². The van der Waals surface area contributed by atoms with E-state index >= 15 is 0 Å². The van der Waals surface area contributed by atoms with Gasteiger partial charge in [-0.05, 0) is 36.4 Å². The lowest BCUT2D eigenvalue weighted by Gasteiger charge is -2.15. The Morgan fingerprint density at radius 3 is 2.67 bits per heavy atom. The average molecular weight is 350 g/mol. The summed E-state index contributed by atoms with van der Waals surface area (Å²) in [4.78, 5) is 26.9. The first-order chi connectivity index (χ1) is 11.6. The normalized spacial score (nSPS) is 14.3. The molecule has 0 fully saturated rings. The summed E-state index contributed by atoms with van der Waals surface area (Å²) in [5.41, 5.74) is 1.22. The average Bonchev–Trinajstić information content (AvgIpc) is 2.90. The summed E-state index contributed by atoms with van der Waals surface area (Å²) in [6, 6.07) is 7.71. The summed E-state index contributed by atoms with van der Waals surface area (Å²) in [5.74, 6) is 0.203. The molecule has 1 aromatic rings. The van der Waals surface area contributed by atoms with E-state index in [0.717, 1.165) is 22.8 Å². The van der Waals surface area contributed by atoms with Gasteiger partial charge in [-0.15, -0.1) is 11.8 Å². The maximum Gasteiger partial charge on any atom is 0.337 e. The van der Waals surface area contributed by atoms with Crippen LogP contribution in [0.5, 0.6) is 0 Å². The number of hydrogen-bond donors (Lipinski definition) is 2. The van der Waals surface area contributed by atoms with E-state index in [1.54, 1.807) is 11.8 Å². The molecule has 1 aliphatic rings. The number of β-amino-alcohol motifs (C(OH)–C–C–N with tert-alkyl or cyclic N) is 1. The predicted molar refractivity (Wildman–Crippen MR) is 93.8 cm³/mol. The zero-order valence-electron chi connectivity index (χ0n) is 13.9. The smallest absolute Gasteiger partial charge is 0.337 e. The van der Waals surface area contributed by atoms with Crippen LogP contribution in [0.25, 0.3) is 0 Å². The maximum atomic E-state index is 12.4. The van der Waals surface area contributed by atoms with Gasteiger partial charge in [-0.2, -0.15) is 0 Å². The van der Waals surface area contributed by atoms with Crippen LogP contribution in [-0.2, 0) is 14.3 Å². The van der Waals surface area contributed by atoms with E-state index in [1.165, 1.54) is 12.0 Å². The first-order valence-corrected chi connectivity index (χ1v) is 8.80. The molecule has 6 nitrogen and oxygen atoms in total. The lowest BCUT2D eigenvalue weighted by molar-refractivity contribution is -0.136. The van der Waals surface area contributed by atoms with Crippen molar-refractivity contribution < 1.29 is 19.4 Å². The number of ether oxygens (including phenoxy) is 1. The summed E-state index contributed by atoms with van der Waals surface area (Å²) in [6.07, 6.45) is 1.11. The highest BCUT2D eigenvalue weighted by molar-refractivity contribution is 7.99. The Morgan fingerprint density at radius 2 is 2.08 bits per heavy atom. The highest BCUT2D eigenvalue weighted by Gasteiger charge is 2.34. The molecule has 0 aliphatic carbocycles. The van der Waals surface area contributed by atoms with Gasteiger partial charge in [-0.3, -0.25) is 4.79 Å². The Labute approximate surface area is 145 Å². The molecule has 1 aromatic carbocycles. The van der Waals surface area contributed by atoms with Gasteiger partial charge in [-0.25, -0.2) is 4.79 Å². The molecule has 0 saturated carbocycles. The molecule has 7 heteroatoms. The van der Waals surface area contributed by atoms with Gasteiger partial charge in [-0.1, -0.05) is 6.92 Å². The molecule has 0 unspecified atom stereocenters. The second-order valence-electron chi connectivity index (χ2n) is 5.29. The minimum Gasteiger partial charge on any atom is -0.466 e. The van der Waals surface area contributed by atoms with Crippen molar-refractivity contribution in [3.63, 3.8) is 0 Å². The first-order valence-electron chi connectivity index (χ1n) is 7.82. The zero-order valence-corrected chi connectivity index (χ0v) is 14.7. The van der Waals surface area contributed by atoms with E-state index in [4.69, 9.17) is 9.84 Å². The van der Waals surface area contributed by atoms with Crippen LogP contribution in [-0.4, -0.2) is 54.4 Å². The topological polar surface area (TPSA) is 78.9 Å². The third-order valence-corrected chi connectivity index (χ3v) is 4.77. The van der Waals surface area contributed by atoms with Crippen LogP contribution in [0.2, 0.25) is 0 Å². The van der Waals surface area contributed by atoms with Gasteiger partial charge >= 0.3 is 5.97 Å². The Hall–Kier alpha value is -1.99. The lowest BCUT2D eigenvalue weighted by atomic mass is 10.2. The highest BCUT2D eigenvalue weighted by atomic mass is 32.2. The molecular formula is C17H22N2O4S. The van der Waals surface area contributed by atoms with Crippen molar-refractivity contribution in [2.24, 2.45) is 0 Å². The van der Waals surface area contributed by atoms with Crippen LogP contribution >= 0.6 is 11.8 Å². The van der Waals surface area contributed by atoms with Gasteiger partial charge in [0, 0.05) is 17.1 Å². The standard InChI is InChI=1S/C17H22N2O4S/c1-3-10-24-13-6-4-12(5-7-13)18-15-14(17(22)23-2)11-19(8-9-20)16(15)21/h4-7,18,20H,3,8-11H2,1-2H3. The van der Waals surface area contributed by atoms with Crippen molar-refractivity contribution in [3.8, 4) is 0 Å². The summed E-state index contributed by atoms with van der Waals surface area (Å²) < 4.78 is 4.76. The predicted octanol–water partition coefficient (Wildman–Crippen LogP) is 1.86. The van der Waals surface area contributed by atoms with Crippen LogP contribution in [0, 0.1) is 0 Å². The summed E-state index contributed by atoms with van der Waals surface area (Å²) in [6.45, 7) is 2.29. The number of benzene rings is 1. The van der Waals surface area contributed by atoms with Crippen LogP contribution in [0.1, 0.15) is 13.3 Å². The Morgan fingerprint density at radius 1 is 1.38 bits per heavy atom. The van der Waals surface area contributed by atoms with Crippen molar-refractivity contribution in [1.82, 2.24) is 4.90 Å². The molecular weight excluding hydrogens is 328 g/mol. The van der Waals surface area contributed by atoms with E-state index in [1.807, 2.05) is 24.3 Å². The number of amides is 1. The summed E-state index contributed by atoms with van der Waals surface area (Å²) >= 11 is 1.77. The lowest BCUT2D eigenvalue weighted by Crippen LogP contribution is -2.31. The van der Waals surface area contributed by atoms with Crippen molar-refractivity contribution >= 4 is 29.3 Å². The van der Waals surface area contributed by atoms with E-state index in [9.17, 15) is 9.59 Å². The van der Waals surface area contributed by atoms with E-state index in [-0.39, 0.29) is 36.9 Å². The minimum atomic E-state index is -0.540. The van der Waals surface area contributed by atoms with Crippen LogP contribution in [0.15, 0.2) is 40.4 Å². The minimum absolute atomic E-state index is 0.138. The van der Waals surface area contributed by atoms with Gasteiger partial charge in [0.05, 0.1) is 25.8 Å². The third-order valence-electron chi connectivity index (χ3n) is 3.55. The number of hydrogen-bond acceptors (Lipinski definition) is 6. The Kier molecular flexibility index (Phi) is 6.69. The number of methoxy groups -OCH3 is 1. The van der Waals surface area contributed by atoms with E-state index < -0.39 is 5.97 Å². The fourth-order valence-corrected chi connectivity index (χ4v) is 3.12. The quantitative estimate of drug-likeness (QED) is 0.550. The van der Waals surface area contributed by atoms with Crippen LogP contribution < -0.4 is 5.32 Å². The Bertz CT molecular complexity index is 628. The fourth-order valence-electron chi connectivity index (χ4n) is 2.35.